The SMILES string of the molecule is CC1NC(C(O)(C(F)(F)F)C(F)(F)F)CN[C@@](Cc2ccccc2)(c2cc(F)cc(OC(F)(F)C(F)F)c2)c2ccc(F)c(c2)O1. The Bertz CT molecular complexity index is 1500. The van der Waals surface area contributed by atoms with Gasteiger partial charge in [0.2, 0.25) is 0 Å². The van der Waals surface area contributed by atoms with Crippen LogP contribution in [-0.2, 0) is 12.0 Å². The largest absolute Gasteiger partial charge is 0.473 e. The molecule has 1 heterocycles. The van der Waals surface area contributed by atoms with E-state index in [1.165, 1.54) is 24.3 Å². The predicted molar refractivity (Wildman–Crippen MR) is 137 cm³/mol. The van der Waals surface area contributed by atoms with Gasteiger partial charge < -0.3 is 19.9 Å². The van der Waals surface area contributed by atoms with E-state index in [-0.39, 0.29) is 11.1 Å². The molecule has 4 rings (SSSR count). The predicted octanol–water partition coefficient (Wildman–Crippen LogP) is 6.83. The van der Waals surface area contributed by atoms with Gasteiger partial charge in [-0.15, -0.1) is 0 Å². The van der Waals surface area contributed by atoms with Crippen LogP contribution in [0.5, 0.6) is 11.5 Å². The second kappa shape index (κ2) is 12.5. The molecule has 0 aromatic heterocycles. The Morgan fingerprint density at radius 3 is 2.11 bits per heavy atom. The van der Waals surface area contributed by atoms with Gasteiger partial charge in [-0.05, 0) is 54.3 Å². The van der Waals surface area contributed by atoms with Crippen LogP contribution < -0.4 is 20.1 Å². The van der Waals surface area contributed by atoms with Gasteiger partial charge in [0.1, 0.15) is 17.8 Å². The summed E-state index contributed by atoms with van der Waals surface area (Å²) in [6.07, 6.45) is -24.5. The average molecular weight is 676 g/mol. The van der Waals surface area contributed by atoms with Gasteiger partial charge in [0.15, 0.2) is 11.6 Å². The molecule has 5 nitrogen and oxygen atoms in total. The molecule has 0 saturated carbocycles. The molecule has 46 heavy (non-hydrogen) atoms. The molecular formula is C29H24F12N2O3. The fourth-order valence-electron chi connectivity index (χ4n) is 5.14. The molecular weight excluding hydrogens is 652 g/mol. The highest BCUT2D eigenvalue weighted by atomic mass is 19.4. The summed E-state index contributed by atoms with van der Waals surface area (Å²) in [6, 6.07) is 8.79. The average Bonchev–Trinajstić information content (AvgIpc) is 2.93. The molecule has 0 spiro atoms. The zero-order valence-corrected chi connectivity index (χ0v) is 23.3. The van der Waals surface area contributed by atoms with E-state index in [0.29, 0.717) is 18.2 Å². The zero-order chi connectivity index (χ0) is 34.3. The third kappa shape index (κ3) is 6.85. The highest BCUT2D eigenvalue weighted by molar-refractivity contribution is 5.47. The first kappa shape index (κ1) is 35.2. The summed E-state index contributed by atoms with van der Waals surface area (Å²) in [5.74, 6) is -4.41. The number of hydrogen-bond acceptors (Lipinski definition) is 5. The summed E-state index contributed by atoms with van der Waals surface area (Å²) >= 11 is 0. The number of benzene rings is 3. The highest BCUT2D eigenvalue weighted by Gasteiger charge is 2.74. The Morgan fingerprint density at radius 2 is 1.52 bits per heavy atom. The van der Waals surface area contributed by atoms with Crippen LogP contribution in [0.3, 0.4) is 0 Å². The Morgan fingerprint density at radius 1 is 0.891 bits per heavy atom. The van der Waals surface area contributed by atoms with E-state index in [2.05, 4.69) is 10.1 Å². The van der Waals surface area contributed by atoms with Crippen LogP contribution in [0, 0.1) is 11.6 Å². The molecule has 252 valence electrons. The number of ether oxygens (including phenoxy) is 2. The molecule has 17 heteroatoms. The van der Waals surface area contributed by atoms with Crippen molar-refractivity contribution in [2.45, 2.75) is 61.6 Å². The molecule has 3 atom stereocenters. The maximum atomic E-state index is 15.0. The number of alkyl halides is 10. The van der Waals surface area contributed by atoms with Gasteiger partial charge in [-0.2, -0.15) is 43.9 Å². The minimum atomic E-state index is -6.35. The van der Waals surface area contributed by atoms with Gasteiger partial charge in [-0.25, -0.2) is 8.78 Å². The van der Waals surface area contributed by atoms with E-state index in [0.717, 1.165) is 25.1 Å². The van der Waals surface area contributed by atoms with E-state index in [1.54, 1.807) is 6.07 Å². The molecule has 1 aliphatic heterocycles. The first-order valence-electron chi connectivity index (χ1n) is 13.2. The lowest BCUT2D eigenvalue weighted by Crippen LogP contribution is -2.72. The summed E-state index contributed by atoms with van der Waals surface area (Å²) in [7, 11) is 0. The number of aliphatic hydroxyl groups is 1. The number of rotatable bonds is 7. The molecule has 0 saturated heterocycles. The number of nitrogens with one attached hydrogen (secondary N) is 2. The summed E-state index contributed by atoms with van der Waals surface area (Å²) in [6.45, 7) is -0.479. The summed E-state index contributed by atoms with van der Waals surface area (Å²) in [5.41, 5.74) is -8.14. The molecule has 1 aliphatic rings. The smallest absolute Gasteiger partial charge is 0.461 e. The fraction of sp³-hybridized carbons (Fsp3) is 0.379. The van der Waals surface area contributed by atoms with Crippen LogP contribution in [0.25, 0.3) is 0 Å². The van der Waals surface area contributed by atoms with Crippen molar-refractivity contribution in [1.29, 1.82) is 0 Å². The summed E-state index contributed by atoms with van der Waals surface area (Å²) in [5, 5.41) is 14.7. The maximum absolute atomic E-state index is 15.0. The Hall–Kier alpha value is -3.70. The zero-order valence-electron chi connectivity index (χ0n) is 23.3. The first-order chi connectivity index (χ1) is 21.2. The normalized spacial score (nSPS) is 21.5. The summed E-state index contributed by atoms with van der Waals surface area (Å²) in [4.78, 5) is 0. The third-order valence-electron chi connectivity index (χ3n) is 7.32. The molecule has 0 fully saturated rings. The molecule has 0 radical (unpaired) electrons. The van der Waals surface area contributed by atoms with Crippen molar-refractivity contribution in [3.63, 3.8) is 0 Å². The van der Waals surface area contributed by atoms with Crippen molar-refractivity contribution in [2.24, 2.45) is 0 Å². The van der Waals surface area contributed by atoms with Gasteiger partial charge in [0, 0.05) is 12.6 Å². The van der Waals surface area contributed by atoms with Crippen molar-refractivity contribution < 1.29 is 67.3 Å². The monoisotopic (exact) mass is 676 g/mol. The Balaban J connectivity index is 2.02. The number of fused-ring (bicyclic) bond motifs is 2. The number of halogens is 12. The molecule has 2 bridgehead atoms. The van der Waals surface area contributed by atoms with Crippen molar-refractivity contribution in [1.82, 2.24) is 10.6 Å². The van der Waals surface area contributed by atoms with E-state index in [4.69, 9.17) is 4.74 Å². The van der Waals surface area contributed by atoms with Crippen LogP contribution in [0.1, 0.15) is 23.6 Å². The molecule has 2 unspecified atom stereocenters. The molecule has 3 aromatic carbocycles. The van der Waals surface area contributed by atoms with Crippen molar-refractivity contribution in [3.05, 3.63) is 95.1 Å². The van der Waals surface area contributed by atoms with Gasteiger partial charge in [-0.1, -0.05) is 36.4 Å². The molecule has 3 aromatic rings. The quantitative estimate of drug-likeness (QED) is 0.240. The third-order valence-corrected chi connectivity index (χ3v) is 7.32. The highest BCUT2D eigenvalue weighted by Crippen LogP contribution is 2.46. The Kier molecular flexibility index (Phi) is 9.54. The fourth-order valence-corrected chi connectivity index (χ4v) is 5.14. The molecule has 3 N–H and O–H groups in total. The maximum Gasteiger partial charge on any atom is 0.461 e. The van der Waals surface area contributed by atoms with Gasteiger partial charge in [0.25, 0.3) is 5.60 Å². The van der Waals surface area contributed by atoms with E-state index < -0.39 is 90.0 Å². The van der Waals surface area contributed by atoms with Gasteiger partial charge >= 0.3 is 24.9 Å². The minimum Gasteiger partial charge on any atom is -0.473 e. The summed E-state index contributed by atoms with van der Waals surface area (Å²) < 4.78 is 177. The lowest BCUT2D eigenvalue weighted by atomic mass is 9.77. The van der Waals surface area contributed by atoms with Crippen molar-refractivity contribution in [2.75, 3.05) is 6.54 Å². The first-order valence-corrected chi connectivity index (χ1v) is 13.2. The molecule has 0 aliphatic carbocycles. The van der Waals surface area contributed by atoms with Crippen LogP contribution >= 0.6 is 0 Å². The van der Waals surface area contributed by atoms with Gasteiger partial charge in [-0.3, -0.25) is 5.32 Å². The topological polar surface area (TPSA) is 62.8 Å². The van der Waals surface area contributed by atoms with E-state index in [1.807, 2.05) is 5.32 Å². The second-order valence-electron chi connectivity index (χ2n) is 10.5. The minimum absolute atomic E-state index is 0.194. The molecule has 0 amide bonds. The van der Waals surface area contributed by atoms with E-state index >= 15 is 0 Å². The van der Waals surface area contributed by atoms with Crippen LogP contribution in [-0.4, -0.2) is 54.4 Å². The van der Waals surface area contributed by atoms with Crippen molar-refractivity contribution in [3.8, 4) is 11.5 Å². The second-order valence-corrected chi connectivity index (χ2v) is 10.5. The van der Waals surface area contributed by atoms with Crippen molar-refractivity contribution >= 4 is 0 Å². The van der Waals surface area contributed by atoms with Crippen LogP contribution in [0.2, 0.25) is 0 Å². The Labute approximate surface area is 253 Å². The van der Waals surface area contributed by atoms with Crippen LogP contribution in [0.4, 0.5) is 52.7 Å². The van der Waals surface area contributed by atoms with E-state index in [9.17, 15) is 57.8 Å². The van der Waals surface area contributed by atoms with Crippen LogP contribution in [0.15, 0.2) is 66.7 Å². The lowest BCUT2D eigenvalue weighted by Gasteiger charge is -2.44. The standard InChI is InChI=1S/C29H24F12N2O3/c1-15-43-23(26(44,28(36,37)38)29(39,40)41)14-42-25(13-16-5-3-2-4-6-16,17-7-8-21(31)22(11-17)45-15)18-9-19(30)12-20(10-18)46-27(34,35)24(32)33/h2-12,15,23-24,42-44H,13-14H2,1H3/t15?,23?,25-/m1/s1. The van der Waals surface area contributed by atoms with Gasteiger partial charge in [0.05, 0.1) is 11.6 Å². The lowest BCUT2D eigenvalue weighted by molar-refractivity contribution is -0.377. The number of hydrogen-bond donors (Lipinski definition) is 3.